The van der Waals surface area contributed by atoms with Crippen molar-refractivity contribution in [3.8, 4) is 0 Å². The summed E-state index contributed by atoms with van der Waals surface area (Å²) in [4.78, 5) is 0. The Labute approximate surface area is 476 Å². The molecule has 9 heteroatoms. The molecule has 0 spiro atoms. The molecule has 0 nitrogen and oxygen atoms in total. The van der Waals surface area contributed by atoms with Crippen molar-refractivity contribution < 1.29 is 92.9 Å². The van der Waals surface area contributed by atoms with E-state index >= 15 is 0 Å². The molecule has 0 unspecified atom stereocenters. The van der Waals surface area contributed by atoms with Crippen molar-refractivity contribution >= 4 is 56.1 Å². The van der Waals surface area contributed by atoms with Crippen LogP contribution in [0, 0.1) is 17.8 Å². The first-order chi connectivity index (χ1) is 30.5. The molecule has 9 aromatic rings. The second-order valence-corrected chi connectivity index (χ2v) is 24.0. The minimum absolute atomic E-state index is 0. The molecule has 0 aliphatic heterocycles. The smallest absolute Gasteiger partial charge is 1.00 e. The number of rotatable bonds is 9. The summed E-state index contributed by atoms with van der Waals surface area (Å²) in [6, 6.07) is 76.0. The van der Waals surface area contributed by atoms with Crippen LogP contribution in [-0.4, -0.2) is 58.5 Å². The maximum absolute atomic E-state index is 2.32. The van der Waals surface area contributed by atoms with E-state index in [0.29, 0.717) is 0 Å². The molecule has 9 rings (SSSR count). The van der Waals surface area contributed by atoms with E-state index in [9.17, 15) is 0 Å². The fraction of sp³-hybridized carbons (Fsp3) is 0.200. The maximum atomic E-state index is 2.32. The molecular formula is C60H69Cl3P3V3-3. The van der Waals surface area contributed by atoms with Gasteiger partial charge in [-0.1, -0.05) is 75.7 Å². The third kappa shape index (κ3) is 28.5. The van der Waals surface area contributed by atoms with Crippen molar-refractivity contribution in [2.45, 2.75) is 20.8 Å². The predicted molar refractivity (Wildman–Crippen MR) is 293 cm³/mol. The second kappa shape index (κ2) is 41.2. The van der Waals surface area contributed by atoms with E-state index in [2.05, 4.69) is 279 Å². The normalized spacial score (nSPS) is 9.39. The molecule has 69 heavy (non-hydrogen) atoms. The molecule has 0 atom stereocenters. The summed E-state index contributed by atoms with van der Waals surface area (Å²) in [6.07, 6.45) is 3.79. The van der Waals surface area contributed by atoms with Crippen molar-refractivity contribution in [3.63, 3.8) is 0 Å². The maximum Gasteiger partial charge on any atom is 2.00 e. The average Bonchev–Trinajstić information content (AvgIpc) is 4.10. The number of benzene rings is 6. The van der Waals surface area contributed by atoms with Gasteiger partial charge in [-0.25, -0.2) is 0 Å². The average molecular weight is 1140 g/mol. The third-order valence-corrected chi connectivity index (χ3v) is 13.4. The zero-order valence-corrected chi connectivity index (χ0v) is 50.9. The van der Waals surface area contributed by atoms with Crippen LogP contribution in [0.25, 0.3) is 32.3 Å². The zero-order chi connectivity index (χ0) is 45.2. The summed E-state index contributed by atoms with van der Waals surface area (Å²) in [5.41, 5.74) is 4.19. The molecule has 0 aliphatic carbocycles. The Kier molecular flexibility index (Phi) is 42.3. The molecule has 0 saturated carbocycles. The van der Waals surface area contributed by atoms with Crippen LogP contribution >= 0.6 is 23.8 Å². The molecule has 0 amide bonds. The molecule has 0 aliphatic rings. The van der Waals surface area contributed by atoms with E-state index in [0.717, 1.165) is 0 Å². The molecule has 0 heterocycles. The Bertz CT molecular complexity index is 2140. The van der Waals surface area contributed by atoms with E-state index in [1.165, 1.54) is 85.2 Å². The van der Waals surface area contributed by atoms with Crippen LogP contribution in [0.3, 0.4) is 0 Å². The van der Waals surface area contributed by atoms with Gasteiger partial charge in [0.15, 0.2) is 0 Å². The van der Waals surface area contributed by atoms with E-state index in [1.54, 1.807) is 0 Å². The van der Waals surface area contributed by atoms with Gasteiger partial charge in [-0.2, -0.15) is 123 Å². The van der Waals surface area contributed by atoms with Gasteiger partial charge >= 0.3 is 55.7 Å². The van der Waals surface area contributed by atoms with Crippen molar-refractivity contribution in [1.82, 2.24) is 0 Å². The topological polar surface area (TPSA) is 0 Å². The third-order valence-electron chi connectivity index (χ3n) is 10.1. The van der Waals surface area contributed by atoms with Gasteiger partial charge in [-0.3, -0.25) is 0 Å². The first kappa shape index (κ1) is 70.9. The summed E-state index contributed by atoms with van der Waals surface area (Å²) >= 11 is 0. The molecule has 363 valence electrons. The predicted octanol–water partition coefficient (Wildman–Crippen LogP) is 8.79. The van der Waals surface area contributed by atoms with Crippen molar-refractivity contribution in [2.24, 2.45) is 0 Å². The Morgan fingerprint density at radius 3 is 0.710 bits per heavy atom. The monoisotopic (exact) mass is 1140 g/mol. The molecule has 9 aromatic carbocycles. The van der Waals surface area contributed by atoms with Gasteiger partial charge in [0.05, 0.1) is 0 Å². The Morgan fingerprint density at radius 1 is 0.304 bits per heavy atom. The Balaban J connectivity index is -0.000000747. The molecular weight excluding hydrogens is 1070 g/mol. The summed E-state index contributed by atoms with van der Waals surface area (Å²) in [6.45, 7) is 20.6. The van der Waals surface area contributed by atoms with Gasteiger partial charge in [-0.15, -0.1) is 149 Å². The van der Waals surface area contributed by atoms with Crippen LogP contribution in [0.15, 0.2) is 218 Å². The largest absolute Gasteiger partial charge is 2.00 e. The minimum Gasteiger partial charge on any atom is -1.00 e. The van der Waals surface area contributed by atoms with Crippen LogP contribution in [0.2, 0.25) is 0 Å². The Hall–Kier alpha value is -2.33. The van der Waals surface area contributed by atoms with E-state index < -0.39 is 0 Å². The molecule has 0 N–H and O–H groups in total. The van der Waals surface area contributed by atoms with Crippen molar-refractivity contribution in [2.75, 3.05) is 58.5 Å². The van der Waals surface area contributed by atoms with Crippen LogP contribution < -0.4 is 37.2 Å². The van der Waals surface area contributed by atoms with E-state index in [-0.39, 0.29) is 117 Å². The molecule has 3 radical (unpaired) electrons. The zero-order valence-electron chi connectivity index (χ0n) is 41.7. The quantitative estimate of drug-likeness (QED) is 0.100. The van der Waals surface area contributed by atoms with Gasteiger partial charge in [0.1, 0.15) is 0 Å². The molecule has 0 bridgehead atoms. The molecule has 0 saturated heterocycles. The van der Waals surface area contributed by atoms with Gasteiger partial charge in [0.25, 0.3) is 0 Å². The fourth-order valence-corrected chi connectivity index (χ4v) is 10.5. The van der Waals surface area contributed by atoms with Gasteiger partial charge < -0.3 is 37.2 Å². The Morgan fingerprint density at radius 2 is 0.507 bits per heavy atom. The van der Waals surface area contributed by atoms with Crippen LogP contribution in [0.4, 0.5) is 0 Å². The number of hydrogen-bond acceptors (Lipinski definition) is 0. The fourth-order valence-electron chi connectivity index (χ4n) is 7.07. The van der Waals surface area contributed by atoms with E-state index in [4.69, 9.17) is 0 Å². The summed E-state index contributed by atoms with van der Waals surface area (Å²) in [5.74, 6) is 4.56. The number of hydrogen-bond donors (Lipinski definition) is 0. The van der Waals surface area contributed by atoms with Gasteiger partial charge in [-0.05, 0) is 40.0 Å². The number of fused-ring (bicyclic) bond motifs is 3. The van der Waals surface area contributed by atoms with Crippen molar-refractivity contribution in [1.29, 1.82) is 0 Å². The standard InChI is InChI=1S/3C11H16P.3C9H7.3ClH.3V/c3*1-10(9-12(2)3)11-7-5-4-6-8-11;3*1-2-5-9-7-3-6-8(9)4-1;;;;;;/h3*4-8H,9H2,1-3H3;3*1-7H;3*1H;;;/q6*-1;;;;3*+2/p-3. The van der Waals surface area contributed by atoms with Gasteiger partial charge in [0, 0.05) is 0 Å². The first-order valence-corrected chi connectivity index (χ1v) is 29.2. The van der Waals surface area contributed by atoms with E-state index in [1.807, 2.05) is 0 Å². The molecule has 0 fully saturated rings. The van der Waals surface area contributed by atoms with Crippen molar-refractivity contribution in [3.05, 3.63) is 253 Å². The summed E-state index contributed by atoms with van der Waals surface area (Å²) < 4.78 is 0. The minimum atomic E-state index is 0. The summed E-state index contributed by atoms with van der Waals surface area (Å²) in [5, 5.41) is 7.99. The first-order valence-electron chi connectivity index (χ1n) is 21.9. The van der Waals surface area contributed by atoms with Crippen LogP contribution in [0.1, 0.15) is 37.5 Å². The second-order valence-electron chi connectivity index (χ2n) is 16.6. The van der Waals surface area contributed by atoms with Gasteiger partial charge in [0.2, 0.25) is 0 Å². The molecule has 0 aromatic heterocycles. The summed E-state index contributed by atoms with van der Waals surface area (Å²) in [7, 11) is 0.598. The van der Waals surface area contributed by atoms with Crippen LogP contribution in [-0.2, 0) is 55.7 Å². The number of halogens is 3. The van der Waals surface area contributed by atoms with Crippen LogP contribution in [0.5, 0.6) is 0 Å². The SMILES string of the molecule is C[C-](CP(C)C)c1ccccc1.C[C-](CP(C)C)c1ccccc1.C[C-](CP(C)C)c1ccccc1.[Cl-].[Cl-].[Cl-].[V+2].[V+2].[V+2].c1ccc2[cH-]ccc2c1.c1ccc2[cH-]ccc2c1.c1ccc2[cH-]ccc2c1.